The summed E-state index contributed by atoms with van der Waals surface area (Å²) in [5, 5.41) is 23.1. The maximum Gasteiger partial charge on any atom is 0.328 e. The van der Waals surface area contributed by atoms with Crippen molar-refractivity contribution in [2.24, 2.45) is 5.73 Å². The van der Waals surface area contributed by atoms with Gasteiger partial charge in [-0.05, 0) is 19.8 Å². The molecular weight excluding hydrogens is 352 g/mol. The number of nitrogens with one attached hydrogen (secondary N) is 2. The van der Waals surface area contributed by atoms with Gasteiger partial charge in [-0.15, -0.1) is 0 Å². The summed E-state index contributed by atoms with van der Waals surface area (Å²) in [5.74, 6) is -2.89. The van der Waals surface area contributed by atoms with E-state index in [0.29, 0.717) is 19.4 Å². The summed E-state index contributed by atoms with van der Waals surface area (Å²) >= 11 is 3.89. The van der Waals surface area contributed by atoms with E-state index in [1.165, 1.54) is 11.8 Å². The molecule has 0 saturated carbocycles. The minimum Gasteiger partial charge on any atom is -0.480 e. The molecule has 25 heavy (non-hydrogen) atoms. The van der Waals surface area contributed by atoms with E-state index in [1.807, 2.05) is 0 Å². The molecule has 4 unspecified atom stereocenters. The zero-order chi connectivity index (χ0) is 19.1. The molecule has 0 radical (unpaired) electrons. The van der Waals surface area contributed by atoms with E-state index >= 15 is 0 Å². The maximum atomic E-state index is 12.3. The topological polar surface area (TPSA) is 162 Å². The minimum absolute atomic E-state index is 0.130. The fourth-order valence-electron chi connectivity index (χ4n) is 2.45. The van der Waals surface area contributed by atoms with Crippen molar-refractivity contribution >= 4 is 36.3 Å². The monoisotopic (exact) mass is 376 g/mol. The van der Waals surface area contributed by atoms with Crippen LogP contribution in [0.2, 0.25) is 0 Å². The fourth-order valence-corrected chi connectivity index (χ4v) is 2.62. The van der Waals surface area contributed by atoms with Gasteiger partial charge in [-0.1, -0.05) is 0 Å². The average Bonchev–Trinajstić information content (AvgIpc) is 3.05. The first kappa shape index (κ1) is 21.2. The number of aliphatic carboxylic acids is 1. The second kappa shape index (κ2) is 9.59. The summed E-state index contributed by atoms with van der Waals surface area (Å²) in [6.07, 6.45) is -0.345. The van der Waals surface area contributed by atoms with Crippen molar-refractivity contribution in [1.82, 2.24) is 15.5 Å². The number of carbonyl (C=O) groups excluding carboxylic acids is 3. The molecule has 1 saturated heterocycles. The van der Waals surface area contributed by atoms with Crippen LogP contribution in [0.1, 0.15) is 19.8 Å². The molecule has 1 fully saturated rings. The molecule has 6 N–H and O–H groups in total. The Morgan fingerprint density at radius 2 is 2.00 bits per heavy atom. The Bertz CT molecular complexity index is 529. The number of nitrogens with zero attached hydrogens (tertiary/aromatic N) is 1. The maximum absolute atomic E-state index is 12.3. The molecule has 3 amide bonds. The van der Waals surface area contributed by atoms with Gasteiger partial charge in [0.1, 0.15) is 6.04 Å². The van der Waals surface area contributed by atoms with Crippen LogP contribution in [0.15, 0.2) is 0 Å². The second-order valence-corrected chi connectivity index (χ2v) is 6.18. The third-order valence-electron chi connectivity index (χ3n) is 3.87. The fraction of sp³-hybridized carbons (Fsp3) is 0.714. The van der Waals surface area contributed by atoms with Crippen molar-refractivity contribution in [1.29, 1.82) is 0 Å². The molecular formula is C14H24N4O6S. The minimum atomic E-state index is -1.46. The van der Waals surface area contributed by atoms with Crippen LogP contribution in [0.4, 0.5) is 0 Å². The summed E-state index contributed by atoms with van der Waals surface area (Å²) in [6, 6.07) is -3.14. The van der Waals surface area contributed by atoms with Crippen LogP contribution in [0, 0.1) is 0 Å². The van der Waals surface area contributed by atoms with E-state index in [2.05, 4.69) is 23.3 Å². The molecule has 4 atom stereocenters. The van der Waals surface area contributed by atoms with E-state index in [-0.39, 0.29) is 12.3 Å². The van der Waals surface area contributed by atoms with E-state index in [4.69, 9.17) is 10.8 Å². The van der Waals surface area contributed by atoms with Gasteiger partial charge in [0.05, 0.1) is 18.7 Å². The number of rotatable bonds is 8. The number of aliphatic hydroxyl groups is 1. The molecule has 1 aliphatic heterocycles. The van der Waals surface area contributed by atoms with Gasteiger partial charge in [-0.2, -0.15) is 12.6 Å². The first-order valence-electron chi connectivity index (χ1n) is 7.83. The molecule has 0 bridgehead atoms. The first-order valence-corrected chi connectivity index (χ1v) is 8.47. The van der Waals surface area contributed by atoms with Crippen LogP contribution in [-0.2, 0) is 19.2 Å². The molecule has 0 spiro atoms. The SMILES string of the molecule is CC(O)C(NC(=O)C1CCCN1C(=O)CNC(=O)C(N)CS)C(=O)O. The van der Waals surface area contributed by atoms with Crippen LogP contribution >= 0.6 is 12.6 Å². The summed E-state index contributed by atoms with van der Waals surface area (Å²) in [4.78, 5) is 48.4. The number of likely N-dealkylation sites (tertiary alicyclic amines) is 1. The molecule has 0 aromatic rings. The van der Waals surface area contributed by atoms with Crippen LogP contribution < -0.4 is 16.4 Å². The Hall–Kier alpha value is -1.85. The molecule has 1 rings (SSSR count). The van der Waals surface area contributed by atoms with E-state index in [9.17, 15) is 24.3 Å². The van der Waals surface area contributed by atoms with Gasteiger partial charge in [0.2, 0.25) is 17.7 Å². The Morgan fingerprint density at radius 1 is 1.36 bits per heavy atom. The Balaban J connectivity index is 2.65. The highest BCUT2D eigenvalue weighted by Crippen LogP contribution is 2.17. The average molecular weight is 376 g/mol. The van der Waals surface area contributed by atoms with Gasteiger partial charge >= 0.3 is 5.97 Å². The lowest BCUT2D eigenvalue weighted by Crippen LogP contribution is -2.55. The number of carboxylic acids is 1. The number of thiol groups is 1. The zero-order valence-electron chi connectivity index (χ0n) is 13.8. The van der Waals surface area contributed by atoms with Crippen molar-refractivity contribution in [3.63, 3.8) is 0 Å². The lowest BCUT2D eigenvalue weighted by atomic mass is 10.1. The predicted molar refractivity (Wildman–Crippen MR) is 90.8 cm³/mol. The van der Waals surface area contributed by atoms with Crippen molar-refractivity contribution in [2.45, 2.75) is 44.0 Å². The largest absolute Gasteiger partial charge is 0.480 e. The smallest absolute Gasteiger partial charge is 0.328 e. The highest BCUT2D eigenvalue weighted by Gasteiger charge is 2.36. The third-order valence-corrected chi connectivity index (χ3v) is 4.26. The molecule has 0 aliphatic carbocycles. The van der Waals surface area contributed by atoms with Crippen molar-refractivity contribution < 1.29 is 29.4 Å². The Kier molecular flexibility index (Phi) is 8.13. The standard InChI is InChI=1S/C14H24N4O6S/c1-7(19)11(14(23)24)17-13(22)9-3-2-4-18(9)10(20)5-16-12(21)8(15)6-25/h7-9,11,19,25H,2-6,15H2,1H3,(H,16,21)(H,17,22)(H,23,24). The molecule has 10 nitrogen and oxygen atoms in total. The first-order chi connectivity index (χ1) is 11.7. The van der Waals surface area contributed by atoms with Crippen LogP contribution in [0.5, 0.6) is 0 Å². The zero-order valence-corrected chi connectivity index (χ0v) is 14.7. The lowest BCUT2D eigenvalue weighted by molar-refractivity contribution is -0.146. The Labute approximate surface area is 150 Å². The van der Waals surface area contributed by atoms with Crippen molar-refractivity contribution in [3.05, 3.63) is 0 Å². The predicted octanol–water partition coefficient (Wildman–Crippen LogP) is -2.70. The van der Waals surface area contributed by atoms with Gasteiger partial charge in [0.15, 0.2) is 6.04 Å². The lowest BCUT2D eigenvalue weighted by Gasteiger charge is -2.26. The summed E-state index contributed by atoms with van der Waals surface area (Å²) in [6.45, 7) is 1.25. The van der Waals surface area contributed by atoms with Crippen molar-refractivity contribution in [3.8, 4) is 0 Å². The number of nitrogens with two attached hydrogens (primary N) is 1. The molecule has 142 valence electrons. The van der Waals surface area contributed by atoms with Crippen LogP contribution in [0.3, 0.4) is 0 Å². The molecule has 0 aromatic carbocycles. The van der Waals surface area contributed by atoms with E-state index < -0.39 is 47.9 Å². The normalized spacial score (nSPS) is 20.5. The van der Waals surface area contributed by atoms with Gasteiger partial charge in [0, 0.05) is 12.3 Å². The number of hydrogen-bond acceptors (Lipinski definition) is 7. The number of carbonyl (C=O) groups is 4. The van der Waals surface area contributed by atoms with Crippen LogP contribution in [0.25, 0.3) is 0 Å². The molecule has 11 heteroatoms. The number of amides is 3. The van der Waals surface area contributed by atoms with Gasteiger partial charge < -0.3 is 31.5 Å². The molecule has 0 aromatic heterocycles. The third kappa shape index (κ3) is 5.87. The number of aliphatic hydroxyl groups excluding tert-OH is 1. The van der Waals surface area contributed by atoms with Gasteiger partial charge in [-0.25, -0.2) is 4.79 Å². The molecule has 1 aliphatic rings. The van der Waals surface area contributed by atoms with Gasteiger partial charge in [0.25, 0.3) is 0 Å². The number of hydrogen-bond donors (Lipinski definition) is 6. The highest BCUT2D eigenvalue weighted by atomic mass is 32.1. The quantitative estimate of drug-likeness (QED) is 0.251. The van der Waals surface area contributed by atoms with Crippen molar-refractivity contribution in [2.75, 3.05) is 18.8 Å². The van der Waals surface area contributed by atoms with Gasteiger partial charge in [-0.3, -0.25) is 14.4 Å². The highest BCUT2D eigenvalue weighted by molar-refractivity contribution is 7.80. The van der Waals surface area contributed by atoms with Crippen LogP contribution in [-0.4, -0.2) is 81.9 Å². The summed E-state index contributed by atoms with van der Waals surface area (Å²) in [7, 11) is 0. The summed E-state index contributed by atoms with van der Waals surface area (Å²) < 4.78 is 0. The Morgan fingerprint density at radius 3 is 2.52 bits per heavy atom. The van der Waals surface area contributed by atoms with E-state index in [0.717, 1.165) is 0 Å². The number of carboxylic acid groups (broad SMARTS) is 1. The second-order valence-electron chi connectivity index (χ2n) is 5.82. The summed E-state index contributed by atoms with van der Waals surface area (Å²) in [5.41, 5.74) is 5.49. The van der Waals surface area contributed by atoms with E-state index in [1.54, 1.807) is 0 Å². The molecule has 1 heterocycles.